The third kappa shape index (κ3) is 4.73. The first-order valence-electron chi connectivity index (χ1n) is 8.39. The predicted octanol–water partition coefficient (Wildman–Crippen LogP) is 2.95. The van der Waals surface area contributed by atoms with Gasteiger partial charge in [-0.1, -0.05) is 15.9 Å². The average molecular weight is 431 g/mol. The van der Waals surface area contributed by atoms with Crippen LogP contribution in [0.3, 0.4) is 0 Å². The molecule has 0 aromatic heterocycles. The molecule has 1 aromatic carbocycles. The molecule has 1 atom stereocenters. The first-order chi connectivity index (χ1) is 12.0. The van der Waals surface area contributed by atoms with Gasteiger partial charge in [-0.3, -0.25) is 4.79 Å². The summed E-state index contributed by atoms with van der Waals surface area (Å²) in [6.45, 7) is 7.33. The summed E-state index contributed by atoms with van der Waals surface area (Å²) in [5.41, 5.74) is 0.0640. The summed E-state index contributed by atoms with van der Waals surface area (Å²) in [5, 5.41) is 9.68. The zero-order valence-electron chi connectivity index (χ0n) is 15.4. The molecule has 1 aliphatic rings. The van der Waals surface area contributed by atoms with Crippen LogP contribution in [0.4, 0.5) is 9.18 Å². The first kappa shape index (κ1) is 20.6. The molecular weight excluding hydrogens is 407 g/mol. The number of carbonyl (C=O) groups excluding carboxylic acids is 2. The van der Waals surface area contributed by atoms with Crippen molar-refractivity contribution in [1.82, 2.24) is 9.80 Å². The topological polar surface area (TPSA) is 70.1 Å². The van der Waals surface area contributed by atoms with Gasteiger partial charge in [0, 0.05) is 24.1 Å². The van der Waals surface area contributed by atoms with Crippen LogP contribution in [-0.4, -0.2) is 64.8 Å². The van der Waals surface area contributed by atoms with Crippen molar-refractivity contribution in [3.05, 3.63) is 33.5 Å². The van der Waals surface area contributed by atoms with E-state index in [-0.39, 0.29) is 31.8 Å². The molecule has 0 spiro atoms. The maximum atomic E-state index is 14.2. The normalized spacial score (nSPS) is 18.0. The lowest BCUT2D eigenvalue weighted by Crippen LogP contribution is -2.58. The van der Waals surface area contributed by atoms with E-state index in [2.05, 4.69) is 15.9 Å². The Labute approximate surface area is 161 Å². The Morgan fingerprint density at radius 2 is 2.00 bits per heavy atom. The molecule has 8 heteroatoms. The number of carbonyl (C=O) groups is 2. The van der Waals surface area contributed by atoms with Gasteiger partial charge in [0.05, 0.1) is 18.2 Å². The fraction of sp³-hybridized carbons (Fsp3) is 0.556. The van der Waals surface area contributed by atoms with Gasteiger partial charge in [0.15, 0.2) is 0 Å². The lowest BCUT2D eigenvalue weighted by atomic mass is 10.1. The molecule has 0 bridgehead atoms. The SMILES string of the molecule is Cc1cc(C(=O)N2CCN(C(=O)OC(C)(C)C)C[C@@H]2CO)c(F)cc1Br. The summed E-state index contributed by atoms with van der Waals surface area (Å²) in [7, 11) is 0. The number of amides is 2. The number of benzene rings is 1. The molecular formula is C18H24BrFN2O4. The number of ether oxygens (including phenoxy) is 1. The monoisotopic (exact) mass is 430 g/mol. The van der Waals surface area contributed by atoms with Gasteiger partial charge in [-0.2, -0.15) is 0 Å². The highest BCUT2D eigenvalue weighted by atomic mass is 79.9. The molecule has 1 aromatic rings. The Morgan fingerprint density at radius 3 is 2.58 bits per heavy atom. The predicted molar refractivity (Wildman–Crippen MR) is 98.6 cm³/mol. The largest absolute Gasteiger partial charge is 0.444 e. The fourth-order valence-corrected chi connectivity index (χ4v) is 3.06. The number of hydrogen-bond donors (Lipinski definition) is 1. The zero-order chi connectivity index (χ0) is 19.6. The zero-order valence-corrected chi connectivity index (χ0v) is 17.0. The Bertz CT molecular complexity index is 705. The van der Waals surface area contributed by atoms with E-state index < -0.39 is 29.5 Å². The summed E-state index contributed by atoms with van der Waals surface area (Å²) < 4.78 is 20.2. The molecule has 2 rings (SSSR count). The third-order valence-electron chi connectivity index (χ3n) is 4.08. The molecule has 0 radical (unpaired) electrons. The number of halogens is 2. The molecule has 1 N–H and O–H groups in total. The minimum atomic E-state index is -0.628. The summed E-state index contributed by atoms with van der Waals surface area (Å²) >= 11 is 3.24. The molecule has 0 aliphatic carbocycles. The molecule has 26 heavy (non-hydrogen) atoms. The quantitative estimate of drug-likeness (QED) is 0.782. The number of nitrogens with zero attached hydrogens (tertiary/aromatic N) is 2. The van der Waals surface area contributed by atoms with E-state index in [1.807, 2.05) is 0 Å². The van der Waals surface area contributed by atoms with Gasteiger partial charge in [-0.15, -0.1) is 0 Å². The Balaban J connectivity index is 2.16. The maximum absolute atomic E-state index is 14.2. The summed E-state index contributed by atoms with van der Waals surface area (Å²) in [5.74, 6) is -1.13. The minimum Gasteiger partial charge on any atom is -0.444 e. The molecule has 1 fully saturated rings. The van der Waals surface area contributed by atoms with Crippen LogP contribution in [0, 0.1) is 12.7 Å². The van der Waals surface area contributed by atoms with Gasteiger partial charge < -0.3 is 19.6 Å². The molecule has 6 nitrogen and oxygen atoms in total. The molecule has 1 aliphatic heterocycles. The van der Waals surface area contributed by atoms with E-state index in [0.29, 0.717) is 4.47 Å². The lowest BCUT2D eigenvalue weighted by molar-refractivity contribution is -0.00255. The summed E-state index contributed by atoms with van der Waals surface area (Å²) in [6, 6.07) is 2.12. The van der Waals surface area contributed by atoms with Crippen LogP contribution >= 0.6 is 15.9 Å². The smallest absolute Gasteiger partial charge is 0.410 e. The summed E-state index contributed by atoms with van der Waals surface area (Å²) in [6.07, 6.45) is -0.492. The highest BCUT2D eigenvalue weighted by Crippen LogP contribution is 2.23. The van der Waals surface area contributed by atoms with Gasteiger partial charge in [0.2, 0.25) is 0 Å². The highest BCUT2D eigenvalue weighted by molar-refractivity contribution is 9.10. The highest BCUT2D eigenvalue weighted by Gasteiger charge is 2.35. The van der Waals surface area contributed by atoms with E-state index in [0.717, 1.165) is 5.56 Å². The second kappa shape index (κ2) is 7.92. The van der Waals surface area contributed by atoms with Gasteiger partial charge in [0.25, 0.3) is 5.91 Å². The number of aliphatic hydroxyl groups is 1. The minimum absolute atomic E-state index is 0.0464. The van der Waals surface area contributed by atoms with E-state index >= 15 is 0 Å². The van der Waals surface area contributed by atoms with Crippen LogP contribution in [0.25, 0.3) is 0 Å². The second-order valence-corrected chi connectivity index (χ2v) is 8.20. The number of rotatable bonds is 2. The molecule has 0 saturated carbocycles. The molecule has 0 unspecified atom stereocenters. The number of hydrogen-bond acceptors (Lipinski definition) is 4. The average Bonchev–Trinajstić information content (AvgIpc) is 2.55. The maximum Gasteiger partial charge on any atom is 0.410 e. The Hall–Kier alpha value is -1.67. The molecule has 144 valence electrons. The van der Waals surface area contributed by atoms with E-state index in [4.69, 9.17) is 4.74 Å². The number of aryl methyl sites for hydroxylation is 1. The van der Waals surface area contributed by atoms with Crippen LogP contribution in [0.2, 0.25) is 0 Å². The Morgan fingerprint density at radius 1 is 1.35 bits per heavy atom. The second-order valence-electron chi connectivity index (χ2n) is 7.34. The van der Waals surface area contributed by atoms with Crippen molar-refractivity contribution in [2.45, 2.75) is 39.3 Å². The van der Waals surface area contributed by atoms with Crippen LogP contribution in [0.5, 0.6) is 0 Å². The van der Waals surface area contributed by atoms with E-state index in [1.165, 1.54) is 21.9 Å². The van der Waals surface area contributed by atoms with E-state index in [1.54, 1.807) is 27.7 Å². The number of aliphatic hydroxyl groups excluding tert-OH is 1. The van der Waals surface area contributed by atoms with Crippen molar-refractivity contribution in [3.8, 4) is 0 Å². The van der Waals surface area contributed by atoms with Gasteiger partial charge >= 0.3 is 6.09 Å². The van der Waals surface area contributed by atoms with Gasteiger partial charge in [-0.05, 0) is 45.4 Å². The van der Waals surface area contributed by atoms with Crippen LogP contribution in [-0.2, 0) is 4.74 Å². The molecule has 1 heterocycles. The van der Waals surface area contributed by atoms with Crippen molar-refractivity contribution >= 4 is 27.9 Å². The van der Waals surface area contributed by atoms with Crippen molar-refractivity contribution in [2.24, 2.45) is 0 Å². The standard InChI is InChI=1S/C18H24BrFN2O4/c1-11-7-13(15(20)8-14(11)19)16(24)22-6-5-21(9-12(22)10-23)17(25)26-18(2,3)4/h7-8,12,23H,5-6,9-10H2,1-4H3/t12-/m1/s1. The summed E-state index contributed by atoms with van der Waals surface area (Å²) in [4.78, 5) is 27.9. The Kier molecular flexibility index (Phi) is 6.29. The van der Waals surface area contributed by atoms with Crippen molar-refractivity contribution in [3.63, 3.8) is 0 Å². The number of piperazine rings is 1. The van der Waals surface area contributed by atoms with Crippen molar-refractivity contribution in [1.29, 1.82) is 0 Å². The third-order valence-corrected chi connectivity index (χ3v) is 4.94. The van der Waals surface area contributed by atoms with Gasteiger partial charge in [0.1, 0.15) is 11.4 Å². The fourth-order valence-electron chi connectivity index (χ4n) is 2.75. The van der Waals surface area contributed by atoms with Crippen LogP contribution < -0.4 is 0 Å². The molecule has 2 amide bonds. The molecule has 1 saturated heterocycles. The van der Waals surface area contributed by atoms with Crippen LogP contribution in [0.15, 0.2) is 16.6 Å². The van der Waals surface area contributed by atoms with Gasteiger partial charge in [-0.25, -0.2) is 9.18 Å². The lowest BCUT2D eigenvalue weighted by Gasteiger charge is -2.41. The van der Waals surface area contributed by atoms with Crippen molar-refractivity contribution < 1.29 is 23.8 Å². The van der Waals surface area contributed by atoms with E-state index in [9.17, 15) is 19.1 Å². The van der Waals surface area contributed by atoms with Crippen LogP contribution in [0.1, 0.15) is 36.7 Å². The van der Waals surface area contributed by atoms with Crippen molar-refractivity contribution in [2.75, 3.05) is 26.2 Å². The first-order valence-corrected chi connectivity index (χ1v) is 9.18.